The SMILES string of the molecule is Cc1nc(-c2cccc(F)c2)nc(N2CCN(C(=O)C3CCCCC3)CC2)c1Cc1ccccc1. The summed E-state index contributed by atoms with van der Waals surface area (Å²) < 4.78 is 13.9. The van der Waals surface area contributed by atoms with E-state index in [1.807, 2.05) is 36.1 Å². The van der Waals surface area contributed by atoms with E-state index in [9.17, 15) is 9.18 Å². The van der Waals surface area contributed by atoms with E-state index in [-0.39, 0.29) is 11.7 Å². The number of hydrogen-bond donors (Lipinski definition) is 0. The maximum atomic E-state index is 13.9. The molecule has 6 heteroatoms. The molecule has 5 rings (SSSR count). The normalized spacial score (nSPS) is 17.0. The van der Waals surface area contributed by atoms with E-state index in [2.05, 4.69) is 17.0 Å². The van der Waals surface area contributed by atoms with Crippen LogP contribution in [0.15, 0.2) is 54.6 Å². The van der Waals surface area contributed by atoms with Crippen LogP contribution >= 0.6 is 0 Å². The van der Waals surface area contributed by atoms with Gasteiger partial charge in [-0.2, -0.15) is 0 Å². The van der Waals surface area contributed by atoms with Crippen LogP contribution in [0.3, 0.4) is 0 Å². The van der Waals surface area contributed by atoms with Crippen LogP contribution in [0.1, 0.15) is 48.9 Å². The predicted octanol–water partition coefficient (Wildman–Crippen LogP) is 5.41. The molecule has 0 atom stereocenters. The van der Waals surface area contributed by atoms with Gasteiger partial charge in [-0.25, -0.2) is 14.4 Å². The van der Waals surface area contributed by atoms with Crippen molar-refractivity contribution in [2.75, 3.05) is 31.1 Å². The van der Waals surface area contributed by atoms with Gasteiger partial charge in [-0.15, -0.1) is 0 Å². The third-order valence-corrected chi connectivity index (χ3v) is 7.34. The van der Waals surface area contributed by atoms with Crippen LogP contribution in [0, 0.1) is 18.7 Å². The van der Waals surface area contributed by atoms with Crippen LogP contribution in [-0.4, -0.2) is 47.0 Å². The zero-order valence-electron chi connectivity index (χ0n) is 20.4. The maximum absolute atomic E-state index is 13.9. The Kier molecular flexibility index (Phi) is 7.07. The fourth-order valence-electron chi connectivity index (χ4n) is 5.35. The molecule has 5 nitrogen and oxygen atoms in total. The van der Waals surface area contributed by atoms with Crippen molar-refractivity contribution in [2.45, 2.75) is 45.4 Å². The second-order valence-electron chi connectivity index (χ2n) is 9.75. The molecular weight excluding hydrogens is 439 g/mol. The second-order valence-corrected chi connectivity index (χ2v) is 9.75. The molecule has 1 saturated heterocycles. The van der Waals surface area contributed by atoms with Crippen LogP contribution in [0.25, 0.3) is 11.4 Å². The van der Waals surface area contributed by atoms with E-state index in [0.29, 0.717) is 30.4 Å². The number of nitrogens with zero attached hydrogens (tertiary/aromatic N) is 4. The van der Waals surface area contributed by atoms with Crippen molar-refractivity contribution in [1.82, 2.24) is 14.9 Å². The summed E-state index contributed by atoms with van der Waals surface area (Å²) in [4.78, 5) is 27.1. The lowest BCUT2D eigenvalue weighted by Crippen LogP contribution is -2.51. The molecule has 0 N–H and O–H groups in total. The summed E-state index contributed by atoms with van der Waals surface area (Å²) in [6.45, 7) is 4.89. The minimum absolute atomic E-state index is 0.199. The molecule has 2 aliphatic rings. The van der Waals surface area contributed by atoms with Gasteiger partial charge in [0.2, 0.25) is 5.91 Å². The minimum Gasteiger partial charge on any atom is -0.353 e. The van der Waals surface area contributed by atoms with E-state index in [1.165, 1.54) is 37.0 Å². The first-order valence-corrected chi connectivity index (χ1v) is 12.8. The molecule has 0 bridgehead atoms. The fraction of sp³-hybridized carbons (Fsp3) is 0.414. The van der Waals surface area contributed by atoms with E-state index in [0.717, 1.165) is 49.4 Å². The van der Waals surface area contributed by atoms with Gasteiger partial charge in [0.15, 0.2) is 5.82 Å². The van der Waals surface area contributed by atoms with E-state index in [1.54, 1.807) is 6.07 Å². The van der Waals surface area contributed by atoms with Crippen LogP contribution in [0.4, 0.5) is 10.2 Å². The molecule has 182 valence electrons. The highest BCUT2D eigenvalue weighted by atomic mass is 19.1. The largest absolute Gasteiger partial charge is 0.353 e. The van der Waals surface area contributed by atoms with Crippen molar-refractivity contribution >= 4 is 11.7 Å². The monoisotopic (exact) mass is 472 g/mol. The minimum atomic E-state index is -0.298. The number of aromatic nitrogens is 2. The van der Waals surface area contributed by atoms with Gasteiger partial charge in [0.1, 0.15) is 11.6 Å². The summed E-state index contributed by atoms with van der Waals surface area (Å²) in [5.74, 6) is 1.66. The van der Waals surface area contributed by atoms with Gasteiger partial charge < -0.3 is 9.80 Å². The Morgan fingerprint density at radius 3 is 2.40 bits per heavy atom. The summed E-state index contributed by atoms with van der Waals surface area (Å²) in [6, 6.07) is 16.8. The van der Waals surface area contributed by atoms with Gasteiger partial charge in [-0.3, -0.25) is 4.79 Å². The Labute approximate surface area is 207 Å². The molecule has 0 spiro atoms. The average molecular weight is 473 g/mol. The average Bonchev–Trinajstić information content (AvgIpc) is 2.90. The lowest BCUT2D eigenvalue weighted by Gasteiger charge is -2.38. The number of piperazine rings is 1. The van der Waals surface area contributed by atoms with E-state index < -0.39 is 0 Å². The first-order valence-electron chi connectivity index (χ1n) is 12.8. The smallest absolute Gasteiger partial charge is 0.225 e. The lowest BCUT2D eigenvalue weighted by molar-refractivity contribution is -0.136. The molecule has 1 amide bonds. The van der Waals surface area contributed by atoms with Crippen molar-refractivity contribution in [3.05, 3.63) is 77.2 Å². The van der Waals surface area contributed by atoms with Crippen LogP contribution < -0.4 is 4.90 Å². The summed E-state index contributed by atoms with van der Waals surface area (Å²) in [7, 11) is 0. The Morgan fingerprint density at radius 2 is 1.69 bits per heavy atom. The molecule has 0 radical (unpaired) electrons. The summed E-state index contributed by atoms with van der Waals surface area (Å²) in [5, 5.41) is 0. The number of halogens is 1. The standard InChI is InChI=1S/C29H33FN4O/c1-21-26(19-22-9-4-2-5-10-22)28(32-27(31-21)24-13-8-14-25(30)20-24)33-15-17-34(18-16-33)29(35)23-11-6-3-7-12-23/h2,4-5,8-10,13-14,20,23H,3,6-7,11-12,15-19H2,1H3. The zero-order valence-corrected chi connectivity index (χ0v) is 20.4. The summed E-state index contributed by atoms with van der Waals surface area (Å²) in [5.41, 5.74) is 3.86. The topological polar surface area (TPSA) is 49.3 Å². The lowest BCUT2D eigenvalue weighted by atomic mass is 9.88. The first kappa shape index (κ1) is 23.5. The number of anilines is 1. The zero-order chi connectivity index (χ0) is 24.2. The number of benzene rings is 2. The maximum Gasteiger partial charge on any atom is 0.225 e. The predicted molar refractivity (Wildman–Crippen MR) is 137 cm³/mol. The highest BCUT2D eigenvalue weighted by molar-refractivity contribution is 5.79. The van der Waals surface area contributed by atoms with Crippen molar-refractivity contribution in [1.29, 1.82) is 0 Å². The molecule has 1 aliphatic carbocycles. The quantitative estimate of drug-likeness (QED) is 0.498. The summed E-state index contributed by atoms with van der Waals surface area (Å²) in [6.07, 6.45) is 6.38. The van der Waals surface area contributed by atoms with Gasteiger partial charge in [0.05, 0.1) is 0 Å². The molecule has 2 heterocycles. The van der Waals surface area contributed by atoms with E-state index in [4.69, 9.17) is 9.97 Å². The number of hydrogen-bond acceptors (Lipinski definition) is 4. The van der Waals surface area contributed by atoms with Crippen molar-refractivity contribution in [3.8, 4) is 11.4 Å². The second kappa shape index (κ2) is 10.5. The molecule has 1 aromatic heterocycles. The Hall–Kier alpha value is -3.28. The molecule has 3 aromatic rings. The van der Waals surface area contributed by atoms with Crippen molar-refractivity contribution < 1.29 is 9.18 Å². The van der Waals surface area contributed by atoms with Crippen molar-refractivity contribution in [3.63, 3.8) is 0 Å². The van der Waals surface area contributed by atoms with E-state index >= 15 is 0 Å². The van der Waals surface area contributed by atoms with Gasteiger partial charge in [-0.1, -0.05) is 61.7 Å². The van der Waals surface area contributed by atoms with Crippen molar-refractivity contribution in [2.24, 2.45) is 5.92 Å². The number of amides is 1. The molecule has 35 heavy (non-hydrogen) atoms. The first-order chi connectivity index (χ1) is 17.1. The Morgan fingerprint density at radius 1 is 0.943 bits per heavy atom. The third-order valence-electron chi connectivity index (χ3n) is 7.34. The number of carbonyl (C=O) groups excluding carboxylic acids is 1. The summed E-state index contributed by atoms with van der Waals surface area (Å²) >= 11 is 0. The molecule has 2 fully saturated rings. The molecule has 2 aromatic carbocycles. The fourth-order valence-corrected chi connectivity index (χ4v) is 5.35. The molecule has 1 saturated carbocycles. The highest BCUT2D eigenvalue weighted by Gasteiger charge is 2.30. The number of rotatable bonds is 5. The van der Waals surface area contributed by atoms with Gasteiger partial charge >= 0.3 is 0 Å². The number of carbonyl (C=O) groups is 1. The highest BCUT2D eigenvalue weighted by Crippen LogP contribution is 2.30. The number of aryl methyl sites for hydroxylation is 1. The van der Waals surface area contributed by atoms with Gasteiger partial charge in [0, 0.05) is 55.3 Å². The Bertz CT molecular complexity index is 1170. The molecule has 0 unspecified atom stereocenters. The van der Waals surface area contributed by atoms with Gasteiger partial charge in [0.25, 0.3) is 0 Å². The van der Waals surface area contributed by atoms with Crippen LogP contribution in [0.2, 0.25) is 0 Å². The third kappa shape index (κ3) is 5.37. The van der Waals surface area contributed by atoms with Crippen LogP contribution in [0.5, 0.6) is 0 Å². The van der Waals surface area contributed by atoms with Crippen LogP contribution in [-0.2, 0) is 11.2 Å². The van der Waals surface area contributed by atoms with Gasteiger partial charge in [-0.05, 0) is 37.5 Å². The molecule has 1 aliphatic heterocycles. The Balaban J connectivity index is 1.42. The molecular formula is C29H33FN4O.